The molecule has 1 heterocycles. The first-order chi connectivity index (χ1) is 13.4. The molecule has 0 unspecified atom stereocenters. The minimum absolute atomic E-state index is 0.0637. The van der Waals surface area contributed by atoms with Gasteiger partial charge in [-0.05, 0) is 55.5 Å². The SMILES string of the molecule is Cc1cccc(C)c1NC(=O)CNC(=O)C1(c2ccc(Br)cc2)CCOCC1. The Morgan fingerprint density at radius 3 is 2.25 bits per heavy atom. The van der Waals surface area contributed by atoms with E-state index in [-0.39, 0.29) is 18.4 Å². The summed E-state index contributed by atoms with van der Waals surface area (Å²) < 4.78 is 6.45. The molecule has 148 valence electrons. The summed E-state index contributed by atoms with van der Waals surface area (Å²) in [5.74, 6) is -0.362. The molecule has 28 heavy (non-hydrogen) atoms. The zero-order valence-electron chi connectivity index (χ0n) is 16.2. The Morgan fingerprint density at radius 2 is 1.64 bits per heavy atom. The molecule has 1 saturated heterocycles. The van der Waals surface area contributed by atoms with E-state index < -0.39 is 5.41 Å². The zero-order chi connectivity index (χ0) is 20.1. The Bertz CT molecular complexity index is 838. The third-order valence-electron chi connectivity index (χ3n) is 5.33. The van der Waals surface area contributed by atoms with Gasteiger partial charge in [0, 0.05) is 23.4 Å². The van der Waals surface area contributed by atoms with Crippen LogP contribution in [0.25, 0.3) is 0 Å². The maximum absolute atomic E-state index is 13.1. The molecule has 0 bridgehead atoms. The lowest BCUT2D eigenvalue weighted by atomic mass is 9.73. The molecule has 1 aliphatic heterocycles. The van der Waals surface area contributed by atoms with Gasteiger partial charge in [-0.1, -0.05) is 46.3 Å². The quantitative estimate of drug-likeness (QED) is 0.735. The van der Waals surface area contributed by atoms with E-state index in [1.165, 1.54) is 0 Å². The summed E-state index contributed by atoms with van der Waals surface area (Å²) in [6, 6.07) is 13.7. The molecule has 2 N–H and O–H groups in total. The van der Waals surface area contributed by atoms with Gasteiger partial charge < -0.3 is 15.4 Å². The number of halogens is 1. The van der Waals surface area contributed by atoms with E-state index in [2.05, 4.69) is 26.6 Å². The number of carbonyl (C=O) groups is 2. The normalized spacial score (nSPS) is 15.7. The van der Waals surface area contributed by atoms with Crippen molar-refractivity contribution in [2.24, 2.45) is 0 Å². The fraction of sp³-hybridized carbons (Fsp3) is 0.364. The summed E-state index contributed by atoms with van der Waals surface area (Å²) in [5, 5.41) is 5.76. The van der Waals surface area contributed by atoms with Crippen LogP contribution in [0.2, 0.25) is 0 Å². The van der Waals surface area contributed by atoms with Crippen LogP contribution in [0.4, 0.5) is 5.69 Å². The standard InChI is InChI=1S/C22H25BrN2O3/c1-15-4-3-5-16(2)20(15)25-19(26)14-24-21(27)22(10-12-28-13-11-22)17-6-8-18(23)9-7-17/h3-9H,10-14H2,1-2H3,(H,24,27)(H,25,26). The molecule has 0 aromatic heterocycles. The van der Waals surface area contributed by atoms with Gasteiger partial charge in [0.1, 0.15) is 0 Å². The van der Waals surface area contributed by atoms with Gasteiger partial charge in [0.25, 0.3) is 0 Å². The van der Waals surface area contributed by atoms with Crippen LogP contribution in [-0.4, -0.2) is 31.6 Å². The minimum atomic E-state index is -0.669. The van der Waals surface area contributed by atoms with Crippen molar-refractivity contribution in [3.05, 3.63) is 63.6 Å². The van der Waals surface area contributed by atoms with Crippen molar-refractivity contribution < 1.29 is 14.3 Å². The van der Waals surface area contributed by atoms with Gasteiger partial charge in [-0.15, -0.1) is 0 Å². The Balaban J connectivity index is 1.70. The summed E-state index contributed by atoms with van der Waals surface area (Å²) in [4.78, 5) is 25.6. The van der Waals surface area contributed by atoms with Crippen LogP contribution in [-0.2, 0) is 19.7 Å². The van der Waals surface area contributed by atoms with E-state index in [9.17, 15) is 9.59 Å². The van der Waals surface area contributed by atoms with Gasteiger partial charge in [0.05, 0.1) is 12.0 Å². The maximum Gasteiger partial charge on any atom is 0.243 e. The summed E-state index contributed by atoms with van der Waals surface area (Å²) >= 11 is 3.44. The number of rotatable bonds is 5. The number of hydrogen-bond acceptors (Lipinski definition) is 3. The molecular weight excluding hydrogens is 420 g/mol. The number of anilines is 1. The number of ether oxygens (including phenoxy) is 1. The van der Waals surface area contributed by atoms with Crippen LogP contribution >= 0.6 is 15.9 Å². The number of amides is 2. The van der Waals surface area contributed by atoms with Crippen LogP contribution < -0.4 is 10.6 Å². The van der Waals surface area contributed by atoms with Crippen molar-refractivity contribution in [3.63, 3.8) is 0 Å². The lowest BCUT2D eigenvalue weighted by molar-refractivity contribution is -0.132. The van der Waals surface area contributed by atoms with E-state index in [0.29, 0.717) is 26.1 Å². The number of carbonyl (C=O) groups excluding carboxylic acids is 2. The smallest absolute Gasteiger partial charge is 0.243 e. The molecule has 0 spiro atoms. The van der Waals surface area contributed by atoms with Gasteiger partial charge in [0.15, 0.2) is 0 Å². The van der Waals surface area contributed by atoms with Crippen molar-refractivity contribution in [1.29, 1.82) is 0 Å². The Labute approximate surface area is 174 Å². The average Bonchev–Trinajstić information content (AvgIpc) is 2.70. The third kappa shape index (κ3) is 4.45. The summed E-state index contributed by atoms with van der Waals surface area (Å²) in [5.41, 5.74) is 3.07. The van der Waals surface area contributed by atoms with Crippen LogP contribution in [0.15, 0.2) is 46.9 Å². The largest absolute Gasteiger partial charge is 0.381 e. The highest BCUT2D eigenvalue weighted by Crippen LogP contribution is 2.35. The Morgan fingerprint density at radius 1 is 1.04 bits per heavy atom. The fourth-order valence-corrected chi connectivity index (χ4v) is 3.92. The van der Waals surface area contributed by atoms with Gasteiger partial charge in [0.2, 0.25) is 11.8 Å². The first-order valence-corrected chi connectivity index (χ1v) is 10.2. The molecule has 1 fully saturated rings. The number of benzene rings is 2. The molecule has 3 rings (SSSR count). The monoisotopic (exact) mass is 444 g/mol. The lowest BCUT2D eigenvalue weighted by Gasteiger charge is -2.36. The van der Waals surface area contributed by atoms with Crippen LogP contribution in [0, 0.1) is 13.8 Å². The highest BCUT2D eigenvalue weighted by molar-refractivity contribution is 9.10. The summed E-state index contributed by atoms with van der Waals surface area (Å²) in [6.45, 7) is 4.89. The van der Waals surface area contributed by atoms with Crippen molar-refractivity contribution >= 4 is 33.4 Å². The van der Waals surface area contributed by atoms with E-state index in [1.54, 1.807) is 0 Å². The molecule has 5 nitrogen and oxygen atoms in total. The minimum Gasteiger partial charge on any atom is -0.381 e. The van der Waals surface area contributed by atoms with Crippen molar-refractivity contribution in [3.8, 4) is 0 Å². The number of nitrogens with one attached hydrogen (secondary N) is 2. The molecule has 0 saturated carbocycles. The van der Waals surface area contributed by atoms with E-state index in [0.717, 1.165) is 26.9 Å². The number of hydrogen-bond donors (Lipinski definition) is 2. The molecule has 1 aliphatic rings. The van der Waals surface area contributed by atoms with Crippen LogP contribution in [0.5, 0.6) is 0 Å². The molecule has 2 aromatic rings. The van der Waals surface area contributed by atoms with Gasteiger partial charge in [-0.25, -0.2) is 0 Å². The lowest BCUT2D eigenvalue weighted by Crippen LogP contribution is -2.49. The van der Waals surface area contributed by atoms with Crippen molar-refractivity contribution in [2.45, 2.75) is 32.1 Å². The third-order valence-corrected chi connectivity index (χ3v) is 5.86. The molecule has 0 aliphatic carbocycles. The topological polar surface area (TPSA) is 67.4 Å². The Kier molecular flexibility index (Phi) is 6.52. The second-order valence-electron chi connectivity index (χ2n) is 7.20. The number of para-hydroxylation sites is 1. The second kappa shape index (κ2) is 8.88. The summed E-state index contributed by atoms with van der Waals surface area (Å²) in [6.07, 6.45) is 1.19. The van der Waals surface area contributed by atoms with Gasteiger partial charge in [-0.2, -0.15) is 0 Å². The van der Waals surface area contributed by atoms with Crippen molar-refractivity contribution in [1.82, 2.24) is 5.32 Å². The van der Waals surface area contributed by atoms with Gasteiger partial charge >= 0.3 is 0 Å². The maximum atomic E-state index is 13.1. The number of aryl methyl sites for hydroxylation is 2. The van der Waals surface area contributed by atoms with Gasteiger partial charge in [-0.3, -0.25) is 9.59 Å². The fourth-order valence-electron chi connectivity index (χ4n) is 3.66. The van der Waals surface area contributed by atoms with E-state index >= 15 is 0 Å². The Hall–Kier alpha value is -2.18. The second-order valence-corrected chi connectivity index (χ2v) is 8.11. The molecule has 0 atom stereocenters. The highest BCUT2D eigenvalue weighted by atomic mass is 79.9. The average molecular weight is 445 g/mol. The molecular formula is C22H25BrN2O3. The van der Waals surface area contributed by atoms with Crippen molar-refractivity contribution in [2.75, 3.05) is 25.1 Å². The predicted octanol–water partition coefficient (Wildman–Crippen LogP) is 3.87. The predicted molar refractivity (Wildman–Crippen MR) is 113 cm³/mol. The molecule has 2 aromatic carbocycles. The summed E-state index contributed by atoms with van der Waals surface area (Å²) in [7, 11) is 0. The van der Waals surface area contributed by atoms with E-state index in [4.69, 9.17) is 4.74 Å². The zero-order valence-corrected chi connectivity index (χ0v) is 17.8. The first kappa shape index (κ1) is 20.6. The van der Waals surface area contributed by atoms with E-state index in [1.807, 2.05) is 56.3 Å². The molecule has 0 radical (unpaired) electrons. The highest BCUT2D eigenvalue weighted by Gasteiger charge is 2.41. The first-order valence-electron chi connectivity index (χ1n) is 9.40. The molecule has 6 heteroatoms. The van der Waals surface area contributed by atoms with Crippen LogP contribution in [0.3, 0.4) is 0 Å². The van der Waals surface area contributed by atoms with Crippen LogP contribution in [0.1, 0.15) is 29.5 Å². The molecule has 2 amide bonds.